The molecule has 0 radical (unpaired) electrons. The molecule has 1 atom stereocenters. The summed E-state index contributed by atoms with van der Waals surface area (Å²) >= 11 is 0. The number of rotatable bonds is 15. The molecule has 0 saturated heterocycles. The number of amides is 1. The van der Waals surface area contributed by atoms with Gasteiger partial charge in [-0.15, -0.1) is 0 Å². The highest BCUT2D eigenvalue weighted by Crippen LogP contribution is 2.10. The fourth-order valence-corrected chi connectivity index (χ4v) is 2.34. The van der Waals surface area contributed by atoms with E-state index in [0.29, 0.717) is 0 Å². The molecule has 0 aromatic rings. The van der Waals surface area contributed by atoms with E-state index in [9.17, 15) is 9.59 Å². The van der Waals surface area contributed by atoms with Crippen molar-refractivity contribution in [2.24, 2.45) is 0 Å². The highest BCUT2D eigenvalue weighted by Gasteiger charge is 2.11. The van der Waals surface area contributed by atoms with Gasteiger partial charge in [0, 0.05) is 0 Å². The third-order valence-electron chi connectivity index (χ3n) is 3.79. The second-order valence-electron chi connectivity index (χ2n) is 5.97. The van der Waals surface area contributed by atoms with Crippen molar-refractivity contribution < 1.29 is 14.7 Å². The van der Waals surface area contributed by atoms with Crippen LogP contribution < -0.4 is 10.6 Å². The number of hydrogen-bond acceptors (Lipinski definition) is 3. The largest absolute Gasteiger partial charge is 0.480 e. The Balaban J connectivity index is 3.31. The first-order chi connectivity index (χ1) is 10.6. The third kappa shape index (κ3) is 13.9. The molecule has 3 N–H and O–H groups in total. The molecule has 0 aliphatic rings. The number of hydrogen-bond donors (Lipinski definition) is 3. The molecule has 0 saturated carbocycles. The van der Waals surface area contributed by atoms with Crippen molar-refractivity contribution in [3.8, 4) is 0 Å². The van der Waals surface area contributed by atoms with Crippen LogP contribution in [0.15, 0.2) is 0 Å². The molecule has 0 aliphatic heterocycles. The van der Waals surface area contributed by atoms with Crippen LogP contribution in [-0.4, -0.2) is 36.1 Å². The van der Waals surface area contributed by atoms with Crippen LogP contribution in [-0.2, 0) is 9.59 Å². The molecule has 0 fully saturated rings. The molecule has 0 spiro atoms. The van der Waals surface area contributed by atoms with Crippen molar-refractivity contribution in [3.63, 3.8) is 0 Å². The zero-order valence-corrected chi connectivity index (χ0v) is 14.3. The van der Waals surface area contributed by atoms with E-state index in [-0.39, 0.29) is 18.5 Å². The Hall–Kier alpha value is -1.10. The van der Waals surface area contributed by atoms with Crippen LogP contribution in [0.25, 0.3) is 0 Å². The van der Waals surface area contributed by atoms with Crippen molar-refractivity contribution in [2.45, 2.75) is 84.1 Å². The Labute approximate surface area is 135 Å². The first kappa shape index (κ1) is 20.9. The highest BCUT2D eigenvalue weighted by atomic mass is 16.4. The van der Waals surface area contributed by atoms with Gasteiger partial charge in [-0.1, -0.05) is 64.7 Å². The maximum absolute atomic E-state index is 11.5. The number of carbonyl (C=O) groups excluding carboxylic acids is 1. The number of aliphatic carboxylic acids is 1. The predicted molar refractivity (Wildman–Crippen MR) is 90.0 cm³/mol. The second kappa shape index (κ2) is 14.8. The fraction of sp³-hybridized carbons (Fsp3) is 0.882. The summed E-state index contributed by atoms with van der Waals surface area (Å²) in [5.41, 5.74) is 0. The average Bonchev–Trinajstić information content (AvgIpc) is 2.49. The van der Waals surface area contributed by atoms with E-state index in [0.717, 1.165) is 13.0 Å². The molecule has 22 heavy (non-hydrogen) atoms. The molecule has 0 bridgehead atoms. The molecule has 0 unspecified atom stereocenters. The molecule has 5 nitrogen and oxygen atoms in total. The molecule has 0 aromatic heterocycles. The van der Waals surface area contributed by atoms with Crippen LogP contribution in [0, 0.1) is 0 Å². The molecule has 130 valence electrons. The number of carboxylic acids is 1. The van der Waals surface area contributed by atoms with E-state index in [2.05, 4.69) is 17.6 Å². The molecular formula is C17H34N2O3. The number of nitrogens with one attached hydrogen (secondary N) is 2. The zero-order valence-electron chi connectivity index (χ0n) is 14.3. The number of carboxylic acid groups (broad SMARTS) is 1. The van der Waals surface area contributed by atoms with Gasteiger partial charge in [-0.25, -0.2) is 0 Å². The lowest BCUT2D eigenvalue weighted by Gasteiger charge is -2.13. The minimum atomic E-state index is -1.02. The maximum atomic E-state index is 11.5. The first-order valence-corrected chi connectivity index (χ1v) is 8.80. The molecular weight excluding hydrogens is 280 g/mol. The van der Waals surface area contributed by atoms with Gasteiger partial charge in [0.25, 0.3) is 0 Å². The normalized spacial score (nSPS) is 12.1. The summed E-state index contributed by atoms with van der Waals surface area (Å²) in [5, 5.41) is 14.0. The average molecular weight is 314 g/mol. The van der Waals surface area contributed by atoms with Crippen molar-refractivity contribution >= 4 is 11.9 Å². The summed E-state index contributed by atoms with van der Waals surface area (Å²) in [4.78, 5) is 21.9. The van der Waals surface area contributed by atoms with Gasteiger partial charge < -0.3 is 15.7 Å². The van der Waals surface area contributed by atoms with E-state index < -0.39 is 5.97 Å². The number of unbranched alkanes of at least 4 members (excludes halogenated alkanes) is 9. The van der Waals surface area contributed by atoms with Gasteiger partial charge in [-0.3, -0.25) is 9.59 Å². The molecule has 0 aromatic carbocycles. The van der Waals surface area contributed by atoms with Gasteiger partial charge in [0.05, 0.1) is 6.04 Å². The first-order valence-electron chi connectivity index (χ1n) is 8.80. The lowest BCUT2D eigenvalue weighted by molar-refractivity contribution is -0.138. The predicted octanol–water partition coefficient (Wildman–Crippen LogP) is 3.09. The van der Waals surface area contributed by atoms with Gasteiger partial charge in [-0.05, 0) is 19.9 Å². The zero-order chi connectivity index (χ0) is 16.6. The Morgan fingerprint density at radius 1 is 0.909 bits per heavy atom. The summed E-state index contributed by atoms with van der Waals surface area (Å²) in [5.74, 6) is -1.27. The van der Waals surface area contributed by atoms with E-state index in [4.69, 9.17) is 5.11 Å². The quantitative estimate of drug-likeness (QED) is 0.406. The van der Waals surface area contributed by atoms with Gasteiger partial charge in [0.1, 0.15) is 6.54 Å². The van der Waals surface area contributed by atoms with E-state index in [1.807, 2.05) is 0 Å². The van der Waals surface area contributed by atoms with Crippen molar-refractivity contribution in [1.29, 1.82) is 0 Å². The minimum Gasteiger partial charge on any atom is -0.480 e. The van der Waals surface area contributed by atoms with Crippen molar-refractivity contribution in [3.05, 3.63) is 0 Å². The Morgan fingerprint density at radius 3 is 1.91 bits per heavy atom. The van der Waals surface area contributed by atoms with Crippen LogP contribution in [0.1, 0.15) is 78.1 Å². The molecule has 0 heterocycles. The lowest BCUT2D eigenvalue weighted by atomic mass is 10.1. The van der Waals surface area contributed by atoms with Crippen LogP contribution in [0.3, 0.4) is 0 Å². The SMILES string of the molecule is CCCCCCCCCCCCN[C@@H](C)C(=O)NCC(=O)O. The van der Waals surface area contributed by atoms with Crippen molar-refractivity contribution in [2.75, 3.05) is 13.1 Å². The van der Waals surface area contributed by atoms with Gasteiger partial charge in [0.15, 0.2) is 0 Å². The smallest absolute Gasteiger partial charge is 0.322 e. The van der Waals surface area contributed by atoms with Crippen LogP contribution in [0.5, 0.6) is 0 Å². The van der Waals surface area contributed by atoms with Crippen LogP contribution >= 0.6 is 0 Å². The van der Waals surface area contributed by atoms with Crippen LogP contribution in [0.2, 0.25) is 0 Å². The molecule has 0 aliphatic carbocycles. The Morgan fingerprint density at radius 2 is 1.41 bits per heavy atom. The fourth-order valence-electron chi connectivity index (χ4n) is 2.34. The third-order valence-corrected chi connectivity index (χ3v) is 3.79. The van der Waals surface area contributed by atoms with E-state index in [1.165, 1.54) is 57.8 Å². The standard InChI is InChI=1S/C17H34N2O3/c1-3-4-5-6-7-8-9-10-11-12-13-18-15(2)17(22)19-14-16(20)21/h15,18H,3-14H2,1-2H3,(H,19,22)(H,20,21)/t15-/m0/s1. The second-order valence-corrected chi connectivity index (χ2v) is 5.97. The molecule has 1 amide bonds. The Bertz CT molecular complexity index is 296. The molecule has 0 rings (SSSR count). The summed E-state index contributed by atoms with van der Waals surface area (Å²) in [7, 11) is 0. The monoisotopic (exact) mass is 314 g/mol. The van der Waals surface area contributed by atoms with Crippen LogP contribution in [0.4, 0.5) is 0 Å². The summed E-state index contributed by atoms with van der Waals surface area (Å²) < 4.78 is 0. The summed E-state index contributed by atoms with van der Waals surface area (Å²) in [6.45, 7) is 4.49. The minimum absolute atomic E-state index is 0.255. The van der Waals surface area contributed by atoms with Gasteiger partial charge in [0.2, 0.25) is 5.91 Å². The lowest BCUT2D eigenvalue weighted by Crippen LogP contribution is -2.44. The number of carbonyl (C=O) groups is 2. The van der Waals surface area contributed by atoms with Gasteiger partial charge >= 0.3 is 5.97 Å². The topological polar surface area (TPSA) is 78.4 Å². The summed E-state index contributed by atoms with van der Waals surface area (Å²) in [6, 6.07) is -0.335. The molecule has 5 heteroatoms. The Kier molecular flexibility index (Phi) is 14.1. The van der Waals surface area contributed by atoms with E-state index >= 15 is 0 Å². The summed E-state index contributed by atoms with van der Waals surface area (Å²) in [6.07, 6.45) is 12.9. The highest BCUT2D eigenvalue weighted by molar-refractivity contribution is 5.84. The maximum Gasteiger partial charge on any atom is 0.322 e. The van der Waals surface area contributed by atoms with Crippen molar-refractivity contribution in [1.82, 2.24) is 10.6 Å². The van der Waals surface area contributed by atoms with Gasteiger partial charge in [-0.2, -0.15) is 0 Å². The van der Waals surface area contributed by atoms with E-state index in [1.54, 1.807) is 6.92 Å².